The maximum atomic E-state index is 11.0. The van der Waals surface area contributed by atoms with Crippen molar-refractivity contribution in [2.45, 2.75) is 72.2 Å². The average molecular weight is 326 g/mol. The highest BCUT2D eigenvalue weighted by Gasteiger charge is 2.39. The Morgan fingerprint density at radius 2 is 1.78 bits per heavy atom. The first-order valence-corrected chi connectivity index (χ1v) is 8.98. The number of hydrogen-bond donors (Lipinski definition) is 0. The van der Waals surface area contributed by atoms with E-state index in [4.69, 9.17) is 14.2 Å². The Balaban J connectivity index is 2.34. The van der Waals surface area contributed by atoms with E-state index in [1.54, 1.807) is 0 Å². The third-order valence-corrected chi connectivity index (χ3v) is 5.02. The topological polar surface area (TPSA) is 44.8 Å². The van der Waals surface area contributed by atoms with Crippen LogP contribution < -0.4 is 0 Å². The van der Waals surface area contributed by atoms with Gasteiger partial charge >= 0.3 is 5.97 Å². The Hall–Kier alpha value is -0.870. The predicted molar refractivity (Wildman–Crippen MR) is 92.0 cm³/mol. The summed E-state index contributed by atoms with van der Waals surface area (Å²) in [6.07, 6.45) is 7.45. The summed E-state index contributed by atoms with van der Waals surface area (Å²) in [6, 6.07) is 0. The quantitative estimate of drug-likeness (QED) is 0.340. The Morgan fingerprint density at radius 3 is 2.43 bits per heavy atom. The zero-order chi connectivity index (χ0) is 17.2. The number of ether oxygens (including phenoxy) is 3. The molecule has 0 radical (unpaired) electrons. The highest BCUT2D eigenvalue weighted by Crippen LogP contribution is 2.35. The first kappa shape index (κ1) is 20.2. The SMILES string of the molecule is C=CCCCCCCO[C@@H]1OC(COC(C)=O)[C@H](C)[C@H](C)C1C. The minimum Gasteiger partial charge on any atom is -0.463 e. The summed E-state index contributed by atoms with van der Waals surface area (Å²) in [7, 11) is 0. The summed E-state index contributed by atoms with van der Waals surface area (Å²) < 4.78 is 17.2. The van der Waals surface area contributed by atoms with E-state index < -0.39 is 0 Å². The van der Waals surface area contributed by atoms with Gasteiger partial charge in [0.2, 0.25) is 0 Å². The molecule has 1 saturated heterocycles. The van der Waals surface area contributed by atoms with E-state index in [1.165, 1.54) is 26.2 Å². The van der Waals surface area contributed by atoms with Crippen molar-refractivity contribution in [2.24, 2.45) is 17.8 Å². The van der Waals surface area contributed by atoms with Gasteiger partial charge in [0.05, 0.1) is 6.10 Å². The lowest BCUT2D eigenvalue weighted by Crippen LogP contribution is -2.47. The molecule has 0 bridgehead atoms. The van der Waals surface area contributed by atoms with Gasteiger partial charge in [-0.15, -0.1) is 6.58 Å². The molecule has 0 spiro atoms. The second-order valence-electron chi connectivity index (χ2n) is 6.79. The van der Waals surface area contributed by atoms with Crippen LogP contribution in [0.4, 0.5) is 0 Å². The molecule has 1 heterocycles. The summed E-state index contributed by atoms with van der Waals surface area (Å²) in [4.78, 5) is 11.0. The maximum absolute atomic E-state index is 11.0. The molecular formula is C19H34O4. The van der Waals surface area contributed by atoms with Gasteiger partial charge in [-0.05, 0) is 31.1 Å². The molecule has 1 aliphatic heterocycles. The van der Waals surface area contributed by atoms with Crippen LogP contribution in [0, 0.1) is 17.8 Å². The van der Waals surface area contributed by atoms with Crippen LogP contribution in [0.5, 0.6) is 0 Å². The highest BCUT2D eigenvalue weighted by atomic mass is 16.7. The average Bonchev–Trinajstić information content (AvgIpc) is 2.52. The number of allylic oxidation sites excluding steroid dienone is 1. The van der Waals surface area contributed by atoms with Crippen molar-refractivity contribution in [2.75, 3.05) is 13.2 Å². The molecule has 1 fully saturated rings. The Kier molecular flexibility index (Phi) is 9.49. The number of rotatable bonds is 10. The molecule has 2 unspecified atom stereocenters. The minimum atomic E-state index is -0.260. The number of carbonyl (C=O) groups is 1. The van der Waals surface area contributed by atoms with Crippen LogP contribution in [0.15, 0.2) is 12.7 Å². The fraction of sp³-hybridized carbons (Fsp3) is 0.842. The van der Waals surface area contributed by atoms with Gasteiger partial charge in [0.25, 0.3) is 0 Å². The van der Waals surface area contributed by atoms with Gasteiger partial charge in [0.15, 0.2) is 6.29 Å². The van der Waals surface area contributed by atoms with Crippen LogP contribution in [-0.4, -0.2) is 31.6 Å². The van der Waals surface area contributed by atoms with E-state index in [9.17, 15) is 4.79 Å². The second kappa shape index (κ2) is 10.8. The van der Waals surface area contributed by atoms with E-state index in [2.05, 4.69) is 27.4 Å². The molecule has 0 N–H and O–H groups in total. The fourth-order valence-electron chi connectivity index (χ4n) is 3.01. The molecular weight excluding hydrogens is 292 g/mol. The normalized spacial score (nSPS) is 30.9. The van der Waals surface area contributed by atoms with E-state index in [1.807, 2.05) is 6.08 Å². The maximum Gasteiger partial charge on any atom is 0.302 e. The van der Waals surface area contributed by atoms with Crippen molar-refractivity contribution < 1.29 is 19.0 Å². The van der Waals surface area contributed by atoms with Crippen molar-refractivity contribution in [3.05, 3.63) is 12.7 Å². The predicted octanol–water partition coefficient (Wildman–Crippen LogP) is 4.34. The lowest BCUT2D eigenvalue weighted by atomic mass is 9.79. The molecule has 0 aromatic rings. The zero-order valence-electron chi connectivity index (χ0n) is 15.3. The molecule has 0 aromatic carbocycles. The Labute approximate surface area is 141 Å². The molecule has 4 nitrogen and oxygen atoms in total. The van der Waals surface area contributed by atoms with Gasteiger partial charge < -0.3 is 14.2 Å². The molecule has 0 amide bonds. The van der Waals surface area contributed by atoms with E-state index in [0.29, 0.717) is 24.4 Å². The van der Waals surface area contributed by atoms with Crippen molar-refractivity contribution in [3.63, 3.8) is 0 Å². The lowest BCUT2D eigenvalue weighted by molar-refractivity contribution is -0.255. The molecule has 5 atom stereocenters. The van der Waals surface area contributed by atoms with Gasteiger partial charge in [-0.2, -0.15) is 0 Å². The molecule has 4 heteroatoms. The fourth-order valence-corrected chi connectivity index (χ4v) is 3.01. The van der Waals surface area contributed by atoms with E-state index in [0.717, 1.165) is 19.4 Å². The first-order chi connectivity index (χ1) is 11.0. The van der Waals surface area contributed by atoms with Gasteiger partial charge in [-0.3, -0.25) is 4.79 Å². The van der Waals surface area contributed by atoms with Crippen molar-refractivity contribution >= 4 is 5.97 Å². The molecule has 0 saturated carbocycles. The number of esters is 1. The summed E-state index contributed by atoms with van der Waals surface area (Å²) >= 11 is 0. The molecule has 1 aliphatic rings. The van der Waals surface area contributed by atoms with Crippen molar-refractivity contribution in [1.29, 1.82) is 0 Å². The van der Waals surface area contributed by atoms with Crippen LogP contribution in [0.25, 0.3) is 0 Å². The van der Waals surface area contributed by atoms with Crippen LogP contribution in [0.2, 0.25) is 0 Å². The molecule has 23 heavy (non-hydrogen) atoms. The van der Waals surface area contributed by atoms with Crippen LogP contribution in [0.1, 0.15) is 59.8 Å². The van der Waals surface area contributed by atoms with E-state index >= 15 is 0 Å². The highest BCUT2D eigenvalue weighted by molar-refractivity contribution is 5.65. The summed E-state index contributed by atoms with van der Waals surface area (Å²) in [5, 5.41) is 0. The van der Waals surface area contributed by atoms with Crippen LogP contribution >= 0.6 is 0 Å². The summed E-state index contributed by atoms with van der Waals surface area (Å²) in [6.45, 7) is 12.8. The van der Waals surface area contributed by atoms with Crippen molar-refractivity contribution in [1.82, 2.24) is 0 Å². The minimum absolute atomic E-state index is 0.0808. The Bertz CT molecular complexity index is 355. The molecule has 0 aliphatic carbocycles. The smallest absolute Gasteiger partial charge is 0.302 e. The van der Waals surface area contributed by atoms with Crippen LogP contribution in [0.3, 0.4) is 0 Å². The second-order valence-corrected chi connectivity index (χ2v) is 6.79. The third kappa shape index (κ3) is 7.05. The Morgan fingerprint density at radius 1 is 1.09 bits per heavy atom. The molecule has 0 aromatic heterocycles. The molecule has 134 valence electrons. The third-order valence-electron chi connectivity index (χ3n) is 5.02. The molecule has 1 rings (SSSR count). The number of hydrogen-bond acceptors (Lipinski definition) is 4. The van der Waals surface area contributed by atoms with Gasteiger partial charge in [0.1, 0.15) is 6.61 Å². The first-order valence-electron chi connectivity index (χ1n) is 8.98. The monoisotopic (exact) mass is 326 g/mol. The number of carbonyl (C=O) groups excluding carboxylic acids is 1. The lowest BCUT2D eigenvalue weighted by Gasteiger charge is -2.43. The van der Waals surface area contributed by atoms with Crippen molar-refractivity contribution in [3.8, 4) is 0 Å². The van der Waals surface area contributed by atoms with Gasteiger partial charge in [0, 0.05) is 19.4 Å². The summed E-state index contributed by atoms with van der Waals surface area (Å²) in [5.74, 6) is 0.911. The number of unbranched alkanes of at least 4 members (excludes halogenated alkanes) is 4. The van der Waals surface area contributed by atoms with E-state index in [-0.39, 0.29) is 18.4 Å². The largest absolute Gasteiger partial charge is 0.463 e. The van der Waals surface area contributed by atoms with Crippen LogP contribution in [-0.2, 0) is 19.0 Å². The van der Waals surface area contributed by atoms with Gasteiger partial charge in [-0.1, -0.05) is 39.7 Å². The van der Waals surface area contributed by atoms with Gasteiger partial charge in [-0.25, -0.2) is 0 Å². The zero-order valence-corrected chi connectivity index (χ0v) is 15.3. The standard InChI is InChI=1S/C19H34O4/c1-6-7-8-9-10-11-12-21-19-16(4)14(2)15(3)18(23-19)13-22-17(5)20/h6,14-16,18-19H,1,7-13H2,2-5H3/t14-,15+,16?,18?,19+/m0/s1. The summed E-state index contributed by atoms with van der Waals surface area (Å²) in [5.41, 5.74) is 0.